The fourth-order valence-corrected chi connectivity index (χ4v) is 2.96. The molecule has 1 aromatic rings. The lowest BCUT2D eigenvalue weighted by Crippen LogP contribution is -2.23. The smallest absolute Gasteiger partial charge is 0.287 e. The summed E-state index contributed by atoms with van der Waals surface area (Å²) >= 11 is 6.03. The molecule has 1 atom stereocenters. The fourth-order valence-electron chi connectivity index (χ4n) is 2.73. The molecule has 0 bridgehead atoms. The molecule has 1 N–H and O–H groups in total. The second-order valence-corrected chi connectivity index (χ2v) is 5.95. The Hall–Kier alpha value is -1.03. The molecule has 1 fully saturated rings. The predicted octanol–water partition coefficient (Wildman–Crippen LogP) is 3.20. The van der Waals surface area contributed by atoms with Crippen LogP contribution < -0.4 is 10.9 Å². The fraction of sp³-hybridized carbons (Fsp3) is 0.714. The zero-order chi connectivity index (χ0) is 13.8. The van der Waals surface area contributed by atoms with E-state index in [1.54, 1.807) is 13.2 Å². The Bertz CT molecular complexity index is 480. The molecule has 2 rings (SSSR count). The van der Waals surface area contributed by atoms with Crippen molar-refractivity contribution in [3.63, 3.8) is 0 Å². The van der Waals surface area contributed by atoms with Crippen LogP contribution in [-0.4, -0.2) is 15.8 Å². The summed E-state index contributed by atoms with van der Waals surface area (Å²) in [6.45, 7) is 2.13. The average Bonchev–Trinajstić information content (AvgIpc) is 2.90. The van der Waals surface area contributed by atoms with Gasteiger partial charge in [-0.05, 0) is 25.7 Å². The molecule has 5 heteroatoms. The third kappa shape index (κ3) is 3.72. The van der Waals surface area contributed by atoms with E-state index >= 15 is 0 Å². The maximum absolute atomic E-state index is 11.7. The van der Waals surface area contributed by atoms with E-state index in [2.05, 4.69) is 17.3 Å². The number of hydrogen-bond donors (Lipinski definition) is 1. The molecule has 0 spiro atoms. The average molecular weight is 284 g/mol. The number of anilines is 1. The Morgan fingerprint density at radius 2 is 2.21 bits per heavy atom. The Labute approximate surface area is 119 Å². The number of nitrogens with zero attached hydrogens (tertiary/aromatic N) is 2. The molecule has 1 aliphatic carbocycles. The van der Waals surface area contributed by atoms with Gasteiger partial charge in [-0.1, -0.05) is 37.3 Å². The van der Waals surface area contributed by atoms with Crippen molar-refractivity contribution in [2.75, 3.05) is 5.32 Å². The molecule has 19 heavy (non-hydrogen) atoms. The number of rotatable bonds is 5. The summed E-state index contributed by atoms with van der Waals surface area (Å²) in [5.41, 5.74) is 0.387. The Balaban J connectivity index is 1.89. The van der Waals surface area contributed by atoms with Crippen LogP contribution in [0.5, 0.6) is 0 Å². The van der Waals surface area contributed by atoms with Crippen molar-refractivity contribution in [1.82, 2.24) is 9.78 Å². The van der Waals surface area contributed by atoms with Gasteiger partial charge in [0.15, 0.2) is 0 Å². The minimum Gasteiger partial charge on any atom is -0.380 e. The number of aryl methyl sites for hydroxylation is 1. The molecule has 1 unspecified atom stereocenters. The molecule has 106 valence electrons. The molecule has 1 saturated carbocycles. The van der Waals surface area contributed by atoms with Gasteiger partial charge in [-0.3, -0.25) is 4.79 Å². The van der Waals surface area contributed by atoms with Gasteiger partial charge in [0.1, 0.15) is 5.02 Å². The minimum atomic E-state index is -0.255. The lowest BCUT2D eigenvalue weighted by Gasteiger charge is -2.18. The van der Waals surface area contributed by atoms with Crippen LogP contribution in [0.4, 0.5) is 5.69 Å². The van der Waals surface area contributed by atoms with E-state index in [-0.39, 0.29) is 10.6 Å². The van der Waals surface area contributed by atoms with Crippen LogP contribution in [0.25, 0.3) is 0 Å². The highest BCUT2D eigenvalue weighted by molar-refractivity contribution is 6.32. The maximum atomic E-state index is 11.7. The van der Waals surface area contributed by atoms with Crippen LogP contribution in [-0.2, 0) is 7.05 Å². The first kappa shape index (κ1) is 14.4. The molecule has 0 aliphatic heterocycles. The molecule has 0 aromatic carbocycles. The highest BCUT2D eigenvalue weighted by Gasteiger charge is 2.16. The van der Waals surface area contributed by atoms with Crippen molar-refractivity contribution in [2.45, 2.75) is 51.5 Å². The topological polar surface area (TPSA) is 46.9 Å². The van der Waals surface area contributed by atoms with Crippen molar-refractivity contribution in [2.24, 2.45) is 13.0 Å². The van der Waals surface area contributed by atoms with E-state index in [0.29, 0.717) is 11.7 Å². The Morgan fingerprint density at radius 3 is 2.89 bits per heavy atom. The summed E-state index contributed by atoms with van der Waals surface area (Å²) in [7, 11) is 1.60. The molecule has 0 radical (unpaired) electrons. The van der Waals surface area contributed by atoms with Crippen molar-refractivity contribution >= 4 is 17.3 Å². The van der Waals surface area contributed by atoms with E-state index in [1.807, 2.05) is 0 Å². The summed E-state index contributed by atoms with van der Waals surface area (Å²) in [5.74, 6) is 0.890. The summed E-state index contributed by atoms with van der Waals surface area (Å²) in [4.78, 5) is 11.7. The van der Waals surface area contributed by atoms with Gasteiger partial charge in [0, 0.05) is 13.1 Å². The SMILES string of the molecule is CC(CCC1CCCC1)Nc1cnn(C)c(=O)c1Cl. The molecule has 0 saturated heterocycles. The number of aromatic nitrogens is 2. The normalized spacial score (nSPS) is 17.6. The lowest BCUT2D eigenvalue weighted by atomic mass is 9.99. The highest BCUT2D eigenvalue weighted by atomic mass is 35.5. The van der Waals surface area contributed by atoms with E-state index < -0.39 is 0 Å². The quantitative estimate of drug-likeness (QED) is 0.903. The van der Waals surface area contributed by atoms with E-state index in [4.69, 9.17) is 11.6 Å². The van der Waals surface area contributed by atoms with Crippen molar-refractivity contribution < 1.29 is 0 Å². The minimum absolute atomic E-state index is 0.227. The van der Waals surface area contributed by atoms with Crippen molar-refractivity contribution in [3.8, 4) is 0 Å². The molecule has 1 aliphatic rings. The zero-order valence-electron chi connectivity index (χ0n) is 11.7. The van der Waals surface area contributed by atoms with Crippen LogP contribution >= 0.6 is 11.6 Å². The summed E-state index contributed by atoms with van der Waals surface area (Å²) in [6, 6.07) is 0.312. The molecule has 1 heterocycles. The van der Waals surface area contributed by atoms with Crippen LogP contribution in [0.2, 0.25) is 5.02 Å². The first-order valence-corrected chi connectivity index (χ1v) is 7.44. The predicted molar refractivity (Wildman–Crippen MR) is 78.8 cm³/mol. The van der Waals surface area contributed by atoms with Crippen molar-refractivity contribution in [3.05, 3.63) is 21.6 Å². The van der Waals surface area contributed by atoms with Gasteiger partial charge in [-0.2, -0.15) is 5.10 Å². The van der Waals surface area contributed by atoms with E-state index in [1.165, 1.54) is 36.8 Å². The third-order valence-corrected chi connectivity index (χ3v) is 4.33. The van der Waals surface area contributed by atoms with E-state index in [9.17, 15) is 4.79 Å². The monoisotopic (exact) mass is 283 g/mol. The van der Waals surface area contributed by atoms with Gasteiger partial charge in [-0.25, -0.2) is 4.68 Å². The van der Waals surface area contributed by atoms with Crippen LogP contribution in [0.1, 0.15) is 45.4 Å². The largest absolute Gasteiger partial charge is 0.380 e. The van der Waals surface area contributed by atoms with Crippen LogP contribution in [0.15, 0.2) is 11.0 Å². The van der Waals surface area contributed by atoms with Crippen LogP contribution in [0, 0.1) is 5.92 Å². The Morgan fingerprint density at radius 1 is 1.53 bits per heavy atom. The molecular weight excluding hydrogens is 262 g/mol. The Kier molecular flexibility index (Phi) is 4.86. The third-order valence-electron chi connectivity index (χ3n) is 3.96. The lowest BCUT2D eigenvalue weighted by molar-refractivity contribution is 0.467. The van der Waals surface area contributed by atoms with Gasteiger partial charge in [-0.15, -0.1) is 0 Å². The molecular formula is C14H22ClN3O. The van der Waals surface area contributed by atoms with Crippen molar-refractivity contribution in [1.29, 1.82) is 0 Å². The first-order valence-electron chi connectivity index (χ1n) is 7.06. The zero-order valence-corrected chi connectivity index (χ0v) is 12.4. The summed E-state index contributed by atoms with van der Waals surface area (Å²) in [5, 5.41) is 7.51. The van der Waals surface area contributed by atoms with Gasteiger partial charge in [0.05, 0.1) is 11.9 Å². The summed E-state index contributed by atoms with van der Waals surface area (Å²) < 4.78 is 1.25. The highest BCUT2D eigenvalue weighted by Crippen LogP contribution is 2.29. The van der Waals surface area contributed by atoms with Gasteiger partial charge in [0.25, 0.3) is 5.56 Å². The molecule has 4 nitrogen and oxygen atoms in total. The number of nitrogens with one attached hydrogen (secondary N) is 1. The van der Waals surface area contributed by atoms with Gasteiger partial charge >= 0.3 is 0 Å². The number of halogens is 1. The molecule has 0 amide bonds. The maximum Gasteiger partial charge on any atom is 0.287 e. The van der Waals surface area contributed by atoms with Gasteiger partial charge < -0.3 is 5.32 Å². The van der Waals surface area contributed by atoms with E-state index in [0.717, 1.165) is 12.3 Å². The van der Waals surface area contributed by atoms with Gasteiger partial charge in [0.2, 0.25) is 0 Å². The summed E-state index contributed by atoms with van der Waals surface area (Å²) in [6.07, 6.45) is 9.51. The van der Waals surface area contributed by atoms with Crippen LogP contribution in [0.3, 0.4) is 0 Å². The molecule has 1 aromatic heterocycles. The standard InChI is InChI=1S/C14H22ClN3O/c1-10(7-8-11-5-3-4-6-11)17-12-9-16-18(2)14(19)13(12)15/h9-11,17H,3-8H2,1-2H3. The second-order valence-electron chi connectivity index (χ2n) is 5.57. The second kappa shape index (κ2) is 6.42. The number of hydrogen-bond acceptors (Lipinski definition) is 3. The first-order chi connectivity index (χ1) is 9.08.